The lowest BCUT2D eigenvalue weighted by Crippen LogP contribution is -2.32. The van der Waals surface area contributed by atoms with E-state index in [9.17, 15) is 0 Å². The third-order valence-corrected chi connectivity index (χ3v) is 7.75. The van der Waals surface area contributed by atoms with E-state index in [4.69, 9.17) is 4.74 Å². The lowest BCUT2D eigenvalue weighted by molar-refractivity contribution is -0.659. The van der Waals surface area contributed by atoms with Crippen molar-refractivity contribution >= 4 is 32.3 Å². The van der Waals surface area contributed by atoms with Gasteiger partial charge in [-0.05, 0) is 62.9 Å². The number of ether oxygens (including phenoxy) is 1. The lowest BCUT2D eigenvalue weighted by atomic mass is 9.81. The molecule has 0 saturated heterocycles. The van der Waals surface area contributed by atoms with Crippen LogP contribution in [0, 0.1) is 12.3 Å². The van der Waals surface area contributed by atoms with E-state index in [2.05, 4.69) is 121 Å². The summed E-state index contributed by atoms with van der Waals surface area (Å²) in [5, 5.41) is 7.61. The van der Waals surface area contributed by atoms with Gasteiger partial charge in [0.15, 0.2) is 6.20 Å². The Morgan fingerprint density at radius 3 is 2.22 bits per heavy atom. The average Bonchev–Trinajstić information content (AvgIpc) is 2.81. The van der Waals surface area contributed by atoms with E-state index >= 15 is 0 Å². The summed E-state index contributed by atoms with van der Waals surface area (Å²) in [6, 6.07) is 20.3. The Bertz CT molecular complexity index is 1710. The Labute approximate surface area is 214 Å². The van der Waals surface area contributed by atoms with Crippen LogP contribution in [0.25, 0.3) is 43.6 Å². The number of fused-ring (bicyclic) bond motifs is 5. The highest BCUT2D eigenvalue weighted by molar-refractivity contribution is 6.16. The van der Waals surface area contributed by atoms with E-state index in [1.807, 2.05) is 0 Å². The van der Waals surface area contributed by atoms with E-state index in [0.29, 0.717) is 0 Å². The molecule has 1 aliphatic rings. The second kappa shape index (κ2) is 7.56. The van der Waals surface area contributed by atoms with Crippen molar-refractivity contribution < 1.29 is 9.30 Å². The second-order valence-corrected chi connectivity index (χ2v) is 12.8. The zero-order chi connectivity index (χ0) is 25.6. The maximum atomic E-state index is 6.99. The zero-order valence-electron chi connectivity index (χ0n) is 22.8. The molecular formula is C34H36NO+. The van der Waals surface area contributed by atoms with Gasteiger partial charge in [-0.2, -0.15) is 0 Å². The summed E-state index contributed by atoms with van der Waals surface area (Å²) in [5.74, 6) is 2.00. The van der Waals surface area contributed by atoms with Gasteiger partial charge in [-0.3, -0.25) is 0 Å². The fourth-order valence-corrected chi connectivity index (χ4v) is 5.98. The Hall–Kier alpha value is -3.39. The number of hydrogen-bond acceptors (Lipinski definition) is 1. The average molecular weight is 475 g/mol. The Balaban J connectivity index is 1.76. The van der Waals surface area contributed by atoms with Crippen LogP contribution in [0.15, 0.2) is 60.8 Å². The molecule has 182 valence electrons. The molecule has 0 spiro atoms. The fraction of sp³-hybridized carbons (Fsp3) is 0.324. The van der Waals surface area contributed by atoms with Gasteiger partial charge < -0.3 is 4.74 Å². The largest absolute Gasteiger partial charge is 0.455 e. The topological polar surface area (TPSA) is 13.1 Å². The third kappa shape index (κ3) is 3.42. The Kier molecular flexibility index (Phi) is 4.83. The van der Waals surface area contributed by atoms with Crippen LogP contribution >= 0.6 is 0 Å². The molecule has 4 aromatic carbocycles. The molecule has 0 N–H and O–H groups in total. The summed E-state index contributed by atoms with van der Waals surface area (Å²) in [6.07, 6.45) is 3.17. The molecule has 5 aromatic rings. The molecule has 36 heavy (non-hydrogen) atoms. The molecule has 1 aliphatic heterocycles. The van der Waals surface area contributed by atoms with Crippen molar-refractivity contribution in [2.24, 2.45) is 12.5 Å². The molecule has 0 bridgehead atoms. The summed E-state index contributed by atoms with van der Waals surface area (Å²) >= 11 is 0. The summed E-state index contributed by atoms with van der Waals surface area (Å²) in [6.45, 7) is 16.0. The lowest BCUT2D eigenvalue weighted by Gasteiger charge is -2.28. The summed E-state index contributed by atoms with van der Waals surface area (Å²) in [4.78, 5) is 0. The van der Waals surface area contributed by atoms with Gasteiger partial charge in [0, 0.05) is 17.0 Å². The molecule has 2 heterocycles. The highest BCUT2D eigenvalue weighted by Crippen LogP contribution is 2.52. The zero-order valence-corrected chi connectivity index (χ0v) is 22.8. The molecule has 0 amide bonds. The van der Waals surface area contributed by atoms with Gasteiger partial charge in [-0.15, -0.1) is 0 Å². The SMILES string of the molecule is Cc1c2c(c(CC(C)(C)C)c3ccccc13)Oc1cc3cc(C(C)(C)C)ccc3c3cc[n+](C)c-2c13. The van der Waals surface area contributed by atoms with Crippen LogP contribution in [0.5, 0.6) is 11.5 Å². The van der Waals surface area contributed by atoms with E-state index in [-0.39, 0.29) is 10.8 Å². The molecule has 2 heteroatoms. The first kappa shape index (κ1) is 23.0. The van der Waals surface area contributed by atoms with Gasteiger partial charge in [0.1, 0.15) is 18.5 Å². The van der Waals surface area contributed by atoms with Gasteiger partial charge in [0.2, 0.25) is 5.69 Å². The fourth-order valence-electron chi connectivity index (χ4n) is 5.98. The number of hydrogen-bond donors (Lipinski definition) is 0. The molecule has 0 radical (unpaired) electrons. The van der Waals surface area contributed by atoms with Crippen LogP contribution in [-0.4, -0.2) is 0 Å². The van der Waals surface area contributed by atoms with Crippen molar-refractivity contribution in [3.63, 3.8) is 0 Å². The van der Waals surface area contributed by atoms with E-state index in [0.717, 1.165) is 17.9 Å². The molecule has 2 nitrogen and oxygen atoms in total. The Morgan fingerprint density at radius 1 is 0.806 bits per heavy atom. The smallest absolute Gasteiger partial charge is 0.228 e. The molecule has 0 unspecified atom stereocenters. The van der Waals surface area contributed by atoms with Gasteiger partial charge in [-0.25, -0.2) is 4.57 Å². The van der Waals surface area contributed by atoms with Gasteiger partial charge in [-0.1, -0.05) is 84.0 Å². The van der Waals surface area contributed by atoms with E-state index < -0.39 is 0 Å². The minimum absolute atomic E-state index is 0.0953. The van der Waals surface area contributed by atoms with Gasteiger partial charge in [0.25, 0.3) is 0 Å². The summed E-state index contributed by atoms with van der Waals surface area (Å²) in [7, 11) is 2.17. The van der Waals surface area contributed by atoms with Crippen LogP contribution < -0.4 is 9.30 Å². The van der Waals surface area contributed by atoms with Gasteiger partial charge >= 0.3 is 0 Å². The van der Waals surface area contributed by atoms with Crippen molar-refractivity contribution in [3.8, 4) is 22.8 Å². The van der Waals surface area contributed by atoms with E-state index in [1.54, 1.807) is 0 Å². The van der Waals surface area contributed by atoms with Crippen LogP contribution in [0.4, 0.5) is 0 Å². The maximum Gasteiger partial charge on any atom is 0.228 e. The number of pyridine rings is 1. The normalized spacial score (nSPS) is 13.3. The first-order valence-corrected chi connectivity index (χ1v) is 13.1. The molecular weight excluding hydrogens is 438 g/mol. The number of benzene rings is 4. The monoisotopic (exact) mass is 474 g/mol. The first-order chi connectivity index (χ1) is 16.9. The van der Waals surface area contributed by atoms with Crippen molar-refractivity contribution in [3.05, 3.63) is 77.5 Å². The summed E-state index contributed by atoms with van der Waals surface area (Å²) in [5.41, 5.74) is 6.66. The Morgan fingerprint density at radius 2 is 1.53 bits per heavy atom. The predicted molar refractivity (Wildman–Crippen MR) is 152 cm³/mol. The van der Waals surface area contributed by atoms with Crippen molar-refractivity contribution in [1.82, 2.24) is 0 Å². The van der Waals surface area contributed by atoms with Crippen molar-refractivity contribution in [2.45, 2.75) is 60.3 Å². The van der Waals surface area contributed by atoms with Crippen LogP contribution in [-0.2, 0) is 18.9 Å². The predicted octanol–water partition coefficient (Wildman–Crippen LogP) is 8.94. The van der Waals surface area contributed by atoms with Crippen LogP contribution in [0.1, 0.15) is 58.2 Å². The van der Waals surface area contributed by atoms with Gasteiger partial charge in [0.05, 0.1) is 10.9 Å². The number of aromatic nitrogens is 1. The molecule has 0 aliphatic carbocycles. The van der Waals surface area contributed by atoms with E-state index in [1.165, 1.54) is 60.3 Å². The molecule has 6 rings (SSSR count). The minimum Gasteiger partial charge on any atom is -0.455 e. The van der Waals surface area contributed by atoms with Crippen LogP contribution in [0.3, 0.4) is 0 Å². The number of aryl methyl sites for hydroxylation is 2. The molecule has 0 atom stereocenters. The maximum absolute atomic E-state index is 6.99. The highest BCUT2D eigenvalue weighted by Gasteiger charge is 2.34. The first-order valence-electron chi connectivity index (χ1n) is 13.1. The molecule has 0 saturated carbocycles. The van der Waals surface area contributed by atoms with Crippen LogP contribution in [0.2, 0.25) is 0 Å². The quantitative estimate of drug-likeness (QED) is 0.171. The van der Waals surface area contributed by atoms with Crippen molar-refractivity contribution in [2.75, 3.05) is 0 Å². The summed E-state index contributed by atoms with van der Waals surface area (Å²) < 4.78 is 9.27. The van der Waals surface area contributed by atoms with Crippen molar-refractivity contribution in [1.29, 1.82) is 0 Å². The number of nitrogens with zero attached hydrogens (tertiary/aromatic N) is 1. The molecule has 1 aromatic heterocycles. The minimum atomic E-state index is 0.0953. The second-order valence-electron chi connectivity index (χ2n) is 12.8. The third-order valence-electron chi connectivity index (χ3n) is 7.75. The number of rotatable bonds is 1. The highest BCUT2D eigenvalue weighted by atomic mass is 16.5. The molecule has 0 fully saturated rings. The standard InChI is InChI=1S/C34H36NO/c1-20-23-11-9-10-12-25(23)27(19-33(2,3)4)32-29(20)31-30-26(15-16-35(31)8)24-14-13-22(34(5,6)7)17-21(24)18-28(30)36-32/h9-18H,19H2,1-8H3/q+1.